The van der Waals surface area contributed by atoms with Crippen LogP contribution in [0.2, 0.25) is 0 Å². The number of hydrogen-bond acceptors (Lipinski definition) is 6. The van der Waals surface area contributed by atoms with E-state index in [2.05, 4.69) is 21.1 Å². The summed E-state index contributed by atoms with van der Waals surface area (Å²) in [5.41, 5.74) is 3.70. The fraction of sp³-hybridized carbons (Fsp3) is 0.150. The van der Waals surface area contributed by atoms with Crippen LogP contribution < -0.4 is 15.5 Å². The van der Waals surface area contributed by atoms with Crippen molar-refractivity contribution >= 4 is 39.7 Å². The molecule has 0 saturated carbocycles. The van der Waals surface area contributed by atoms with Crippen molar-refractivity contribution in [3.63, 3.8) is 0 Å². The molecule has 28 heavy (non-hydrogen) atoms. The van der Waals surface area contributed by atoms with Gasteiger partial charge in [0.25, 0.3) is 5.91 Å². The third-order valence-corrected chi connectivity index (χ3v) is 5.43. The number of nitrogens with one attached hydrogen (secondary N) is 3. The molecule has 1 aliphatic rings. The molecule has 2 heterocycles. The lowest BCUT2D eigenvalue weighted by Crippen LogP contribution is -2.28. The van der Waals surface area contributed by atoms with Crippen molar-refractivity contribution in [1.29, 1.82) is 5.41 Å². The van der Waals surface area contributed by atoms with Gasteiger partial charge in [-0.05, 0) is 47.8 Å². The minimum atomic E-state index is -0.201. The fourth-order valence-electron chi connectivity index (χ4n) is 3.28. The number of hydrogen-bond donors (Lipinski definition) is 4. The van der Waals surface area contributed by atoms with Gasteiger partial charge in [0, 0.05) is 30.5 Å². The molecule has 142 valence electrons. The predicted octanol–water partition coefficient (Wildman–Crippen LogP) is 3.34. The molecule has 2 aromatic carbocycles. The monoisotopic (exact) mass is 393 g/mol. The molecule has 0 radical (unpaired) electrons. The van der Waals surface area contributed by atoms with Crippen LogP contribution in [-0.4, -0.2) is 34.8 Å². The number of aromatic nitrogens is 1. The van der Waals surface area contributed by atoms with E-state index in [9.17, 15) is 9.90 Å². The lowest BCUT2D eigenvalue weighted by atomic mass is 10.1. The Labute approximate surface area is 166 Å². The summed E-state index contributed by atoms with van der Waals surface area (Å²) in [4.78, 5) is 14.8. The third kappa shape index (κ3) is 3.18. The first-order valence-electron chi connectivity index (χ1n) is 8.80. The first kappa shape index (κ1) is 18.0. The Morgan fingerprint density at radius 3 is 2.89 bits per heavy atom. The molecule has 4 N–H and O–H groups in total. The van der Waals surface area contributed by atoms with Crippen molar-refractivity contribution in [2.24, 2.45) is 0 Å². The Kier molecular flexibility index (Phi) is 4.70. The number of aromatic hydroxyl groups is 1. The second-order valence-corrected chi connectivity index (χ2v) is 7.15. The number of carbonyl (C=O) groups excluding carboxylic acids is 1. The summed E-state index contributed by atoms with van der Waals surface area (Å²) in [7, 11) is 1.61. The van der Waals surface area contributed by atoms with Crippen molar-refractivity contribution in [2.75, 3.05) is 23.8 Å². The van der Waals surface area contributed by atoms with Crippen LogP contribution >= 0.6 is 11.5 Å². The van der Waals surface area contributed by atoms with E-state index in [1.807, 2.05) is 30.3 Å². The second-order valence-electron chi connectivity index (χ2n) is 6.38. The second kappa shape index (κ2) is 7.32. The van der Waals surface area contributed by atoms with E-state index in [0.29, 0.717) is 28.4 Å². The van der Waals surface area contributed by atoms with Crippen LogP contribution in [0.4, 0.5) is 16.4 Å². The number of nitrogens with zero attached hydrogens (tertiary/aromatic N) is 2. The SMILES string of the molecule is CNC(=N)c1c(O)nsc1Nc1cccc(C(=O)N2CCc3ccccc32)c1. The zero-order chi connectivity index (χ0) is 19.7. The van der Waals surface area contributed by atoms with Crippen LogP contribution in [0.15, 0.2) is 48.5 Å². The number of para-hydroxylation sites is 1. The van der Waals surface area contributed by atoms with Crippen molar-refractivity contribution in [3.8, 4) is 5.88 Å². The topological polar surface area (TPSA) is 101 Å². The molecule has 0 bridgehead atoms. The highest BCUT2D eigenvalue weighted by Crippen LogP contribution is 2.33. The highest BCUT2D eigenvalue weighted by molar-refractivity contribution is 7.11. The van der Waals surface area contributed by atoms with Crippen molar-refractivity contribution in [1.82, 2.24) is 9.69 Å². The molecule has 3 aromatic rings. The van der Waals surface area contributed by atoms with Gasteiger partial charge in [-0.2, -0.15) is 4.37 Å². The Morgan fingerprint density at radius 1 is 1.25 bits per heavy atom. The van der Waals surface area contributed by atoms with Gasteiger partial charge in [0.15, 0.2) is 0 Å². The molecule has 1 aromatic heterocycles. The molecular weight excluding hydrogens is 374 g/mol. The zero-order valence-corrected chi connectivity index (χ0v) is 16.0. The first-order valence-corrected chi connectivity index (χ1v) is 9.58. The first-order chi connectivity index (χ1) is 13.6. The maximum absolute atomic E-state index is 13.0. The number of anilines is 3. The summed E-state index contributed by atoms with van der Waals surface area (Å²) >= 11 is 1.06. The van der Waals surface area contributed by atoms with Gasteiger partial charge in [0.2, 0.25) is 5.88 Å². The predicted molar refractivity (Wildman–Crippen MR) is 111 cm³/mol. The fourth-order valence-corrected chi connectivity index (χ4v) is 4.00. The number of amidine groups is 1. The number of benzene rings is 2. The number of amides is 1. The van der Waals surface area contributed by atoms with Gasteiger partial charge in [-0.3, -0.25) is 10.2 Å². The molecule has 4 rings (SSSR count). The van der Waals surface area contributed by atoms with E-state index in [-0.39, 0.29) is 17.6 Å². The van der Waals surface area contributed by atoms with E-state index < -0.39 is 0 Å². The molecule has 0 atom stereocenters. The van der Waals surface area contributed by atoms with Crippen LogP contribution in [-0.2, 0) is 6.42 Å². The number of carbonyl (C=O) groups is 1. The summed E-state index contributed by atoms with van der Waals surface area (Å²) < 4.78 is 3.91. The van der Waals surface area contributed by atoms with Crippen LogP contribution in [0.5, 0.6) is 5.88 Å². The minimum absolute atomic E-state index is 0.0519. The van der Waals surface area contributed by atoms with Crippen molar-refractivity contribution < 1.29 is 9.90 Å². The summed E-state index contributed by atoms with van der Waals surface area (Å²) in [6, 6.07) is 15.1. The van der Waals surface area contributed by atoms with E-state index in [0.717, 1.165) is 23.6 Å². The summed E-state index contributed by atoms with van der Waals surface area (Å²) in [5, 5.41) is 24.2. The third-order valence-electron chi connectivity index (χ3n) is 4.67. The Morgan fingerprint density at radius 2 is 2.07 bits per heavy atom. The normalized spacial score (nSPS) is 12.5. The van der Waals surface area contributed by atoms with Crippen molar-refractivity contribution in [2.45, 2.75) is 6.42 Å². The lowest BCUT2D eigenvalue weighted by molar-refractivity contribution is 0.0989. The average molecular weight is 393 g/mol. The van der Waals surface area contributed by atoms with Gasteiger partial charge < -0.3 is 20.6 Å². The minimum Gasteiger partial charge on any atom is -0.492 e. The number of rotatable bonds is 4. The summed E-state index contributed by atoms with van der Waals surface area (Å²) in [6.45, 7) is 0.669. The molecule has 1 amide bonds. The Balaban J connectivity index is 1.60. The molecule has 0 saturated heterocycles. The van der Waals surface area contributed by atoms with E-state index in [4.69, 9.17) is 5.41 Å². The molecular formula is C20H19N5O2S. The van der Waals surface area contributed by atoms with Gasteiger partial charge in [-0.15, -0.1) is 0 Å². The van der Waals surface area contributed by atoms with Gasteiger partial charge in [0.05, 0.1) is 0 Å². The molecule has 7 nitrogen and oxygen atoms in total. The maximum Gasteiger partial charge on any atom is 0.258 e. The van der Waals surface area contributed by atoms with Crippen molar-refractivity contribution in [3.05, 3.63) is 65.2 Å². The zero-order valence-electron chi connectivity index (χ0n) is 15.2. The lowest BCUT2D eigenvalue weighted by Gasteiger charge is -2.18. The van der Waals surface area contributed by atoms with E-state index in [1.54, 1.807) is 24.1 Å². The van der Waals surface area contributed by atoms with Crippen LogP contribution in [0.1, 0.15) is 21.5 Å². The van der Waals surface area contributed by atoms with Gasteiger partial charge >= 0.3 is 0 Å². The standard InChI is InChI=1S/C20H19N5O2S/c1-22-17(21)16-18(26)24-28-19(16)23-14-7-4-6-13(11-14)20(27)25-10-9-12-5-2-3-8-15(12)25/h2-8,11,23H,9-10H2,1H3,(H2,21,22)(H,24,26). The summed E-state index contributed by atoms with van der Waals surface area (Å²) in [6.07, 6.45) is 0.857. The van der Waals surface area contributed by atoms with Gasteiger partial charge in [-0.25, -0.2) is 0 Å². The van der Waals surface area contributed by atoms with Crippen LogP contribution in [0, 0.1) is 5.41 Å². The number of fused-ring (bicyclic) bond motifs is 1. The van der Waals surface area contributed by atoms with E-state index in [1.165, 1.54) is 5.56 Å². The summed E-state index contributed by atoms with van der Waals surface area (Å²) in [5.74, 6) is -0.189. The van der Waals surface area contributed by atoms with Gasteiger partial charge in [-0.1, -0.05) is 24.3 Å². The van der Waals surface area contributed by atoms with Crippen LogP contribution in [0.25, 0.3) is 0 Å². The highest BCUT2D eigenvalue weighted by atomic mass is 32.1. The van der Waals surface area contributed by atoms with E-state index >= 15 is 0 Å². The van der Waals surface area contributed by atoms with Gasteiger partial charge in [0.1, 0.15) is 16.4 Å². The smallest absolute Gasteiger partial charge is 0.258 e. The largest absolute Gasteiger partial charge is 0.492 e. The molecule has 0 fully saturated rings. The average Bonchev–Trinajstić information content (AvgIpc) is 3.31. The van der Waals surface area contributed by atoms with Crippen LogP contribution in [0.3, 0.4) is 0 Å². The molecule has 1 aliphatic heterocycles. The molecule has 0 unspecified atom stereocenters. The molecule has 0 spiro atoms. The quantitative estimate of drug-likeness (QED) is 0.402. The Bertz CT molecular complexity index is 1060. The molecule has 8 heteroatoms. The maximum atomic E-state index is 13.0. The highest BCUT2D eigenvalue weighted by Gasteiger charge is 2.25. The Hall–Kier alpha value is -3.39. The molecule has 0 aliphatic carbocycles.